The minimum Gasteiger partial charge on any atom is -0.306 e. The van der Waals surface area contributed by atoms with E-state index >= 15 is 0 Å². The van der Waals surface area contributed by atoms with E-state index in [1.54, 1.807) is 0 Å². The molecule has 0 fully saturated rings. The van der Waals surface area contributed by atoms with Gasteiger partial charge in [0, 0.05) is 11.9 Å². The summed E-state index contributed by atoms with van der Waals surface area (Å²) in [6, 6.07) is 8.36. The standard InChI is InChI=1S/C11H12N2/c1-9-4-3-5-11(6-9)13-7-10(2)12-8-13/h3-8H,1-2H3. The van der Waals surface area contributed by atoms with E-state index < -0.39 is 0 Å². The van der Waals surface area contributed by atoms with Crippen LogP contribution < -0.4 is 0 Å². The highest BCUT2D eigenvalue weighted by Gasteiger charge is 1.96. The van der Waals surface area contributed by atoms with Gasteiger partial charge >= 0.3 is 0 Å². The van der Waals surface area contributed by atoms with Gasteiger partial charge in [0.15, 0.2) is 0 Å². The lowest BCUT2D eigenvalue weighted by Crippen LogP contribution is -1.89. The minimum absolute atomic E-state index is 1.04. The summed E-state index contributed by atoms with van der Waals surface area (Å²) < 4.78 is 2.03. The number of rotatable bonds is 1. The second-order valence-corrected chi connectivity index (χ2v) is 3.26. The SMILES string of the molecule is Cc1cccc(-n2cnc(C)c2)c1. The van der Waals surface area contributed by atoms with Crippen molar-refractivity contribution in [1.29, 1.82) is 0 Å². The summed E-state index contributed by atoms with van der Waals surface area (Å²) in [6.45, 7) is 4.08. The van der Waals surface area contributed by atoms with Gasteiger partial charge in [0.1, 0.15) is 0 Å². The van der Waals surface area contributed by atoms with Gasteiger partial charge in [0.2, 0.25) is 0 Å². The molecule has 0 spiro atoms. The molecule has 2 nitrogen and oxygen atoms in total. The number of benzene rings is 1. The summed E-state index contributed by atoms with van der Waals surface area (Å²) in [5.41, 5.74) is 3.48. The highest BCUT2D eigenvalue weighted by atomic mass is 15.0. The highest BCUT2D eigenvalue weighted by Crippen LogP contribution is 2.09. The molecule has 2 rings (SSSR count). The van der Waals surface area contributed by atoms with Crippen LogP contribution in [0.4, 0.5) is 0 Å². The lowest BCUT2D eigenvalue weighted by molar-refractivity contribution is 1.05. The fraction of sp³-hybridized carbons (Fsp3) is 0.182. The van der Waals surface area contributed by atoms with Gasteiger partial charge in [-0.2, -0.15) is 0 Å². The maximum Gasteiger partial charge on any atom is 0.0995 e. The van der Waals surface area contributed by atoms with Crippen LogP contribution in [0.15, 0.2) is 36.8 Å². The summed E-state index contributed by atoms with van der Waals surface area (Å²) >= 11 is 0. The summed E-state index contributed by atoms with van der Waals surface area (Å²) in [5, 5.41) is 0. The first-order valence-corrected chi connectivity index (χ1v) is 4.33. The van der Waals surface area contributed by atoms with Crippen LogP contribution in [0.5, 0.6) is 0 Å². The first-order valence-electron chi connectivity index (χ1n) is 4.33. The Bertz CT molecular complexity index is 416. The molecule has 0 bridgehead atoms. The maximum atomic E-state index is 4.19. The Morgan fingerprint density at radius 3 is 2.69 bits per heavy atom. The van der Waals surface area contributed by atoms with Crippen LogP contribution >= 0.6 is 0 Å². The zero-order valence-electron chi connectivity index (χ0n) is 7.86. The van der Waals surface area contributed by atoms with Gasteiger partial charge < -0.3 is 4.57 Å². The largest absolute Gasteiger partial charge is 0.306 e. The van der Waals surface area contributed by atoms with Crippen molar-refractivity contribution in [1.82, 2.24) is 9.55 Å². The van der Waals surface area contributed by atoms with Crippen molar-refractivity contribution in [3.8, 4) is 5.69 Å². The predicted molar refractivity (Wildman–Crippen MR) is 53.0 cm³/mol. The number of nitrogens with zero attached hydrogens (tertiary/aromatic N) is 2. The average molecular weight is 172 g/mol. The summed E-state index contributed by atoms with van der Waals surface area (Å²) in [6.07, 6.45) is 3.86. The molecule has 1 aromatic carbocycles. The van der Waals surface area contributed by atoms with E-state index in [0.717, 1.165) is 5.69 Å². The molecule has 0 aliphatic rings. The zero-order chi connectivity index (χ0) is 9.26. The first-order chi connectivity index (χ1) is 6.25. The molecule has 0 saturated heterocycles. The van der Waals surface area contributed by atoms with E-state index in [4.69, 9.17) is 0 Å². The van der Waals surface area contributed by atoms with E-state index in [1.807, 2.05) is 24.0 Å². The Kier molecular flexibility index (Phi) is 1.89. The van der Waals surface area contributed by atoms with E-state index in [9.17, 15) is 0 Å². The van der Waals surface area contributed by atoms with Crippen LogP contribution in [-0.4, -0.2) is 9.55 Å². The van der Waals surface area contributed by atoms with Crippen LogP contribution in [0.25, 0.3) is 5.69 Å². The van der Waals surface area contributed by atoms with Crippen LogP contribution in [0, 0.1) is 13.8 Å². The number of aromatic nitrogens is 2. The second kappa shape index (κ2) is 3.05. The van der Waals surface area contributed by atoms with Gasteiger partial charge in [-0.25, -0.2) is 4.98 Å². The minimum atomic E-state index is 1.04. The molecule has 0 unspecified atom stereocenters. The normalized spacial score (nSPS) is 10.3. The molecule has 66 valence electrons. The fourth-order valence-electron chi connectivity index (χ4n) is 1.35. The Hall–Kier alpha value is -1.57. The van der Waals surface area contributed by atoms with E-state index in [1.165, 1.54) is 11.3 Å². The summed E-state index contributed by atoms with van der Waals surface area (Å²) in [4.78, 5) is 4.19. The first kappa shape index (κ1) is 8.05. The molecule has 0 amide bonds. The molecular formula is C11H12N2. The lowest BCUT2D eigenvalue weighted by atomic mass is 10.2. The number of hydrogen-bond donors (Lipinski definition) is 0. The number of hydrogen-bond acceptors (Lipinski definition) is 1. The fourth-order valence-corrected chi connectivity index (χ4v) is 1.35. The maximum absolute atomic E-state index is 4.19. The molecule has 1 aromatic heterocycles. The Balaban J connectivity index is 2.46. The van der Waals surface area contributed by atoms with Gasteiger partial charge in [-0.05, 0) is 31.5 Å². The molecule has 0 radical (unpaired) electrons. The summed E-state index contributed by atoms with van der Waals surface area (Å²) in [5.74, 6) is 0. The molecule has 2 aromatic rings. The molecular weight excluding hydrogens is 160 g/mol. The molecule has 1 heterocycles. The van der Waals surface area contributed by atoms with Crippen molar-refractivity contribution in [2.24, 2.45) is 0 Å². The Labute approximate surface area is 77.9 Å². The molecule has 0 aliphatic carbocycles. The monoisotopic (exact) mass is 172 g/mol. The van der Waals surface area contributed by atoms with Gasteiger partial charge in [-0.15, -0.1) is 0 Å². The third-order valence-electron chi connectivity index (χ3n) is 2.01. The third-order valence-corrected chi connectivity index (χ3v) is 2.01. The van der Waals surface area contributed by atoms with Crippen molar-refractivity contribution < 1.29 is 0 Å². The molecule has 0 saturated carbocycles. The van der Waals surface area contributed by atoms with Gasteiger partial charge in [0.25, 0.3) is 0 Å². The van der Waals surface area contributed by atoms with Crippen LogP contribution in [0.3, 0.4) is 0 Å². The van der Waals surface area contributed by atoms with Crippen LogP contribution in [0.1, 0.15) is 11.3 Å². The number of aryl methyl sites for hydroxylation is 2. The van der Waals surface area contributed by atoms with Crippen LogP contribution in [0.2, 0.25) is 0 Å². The van der Waals surface area contributed by atoms with Crippen LogP contribution in [-0.2, 0) is 0 Å². The number of imidazole rings is 1. The van der Waals surface area contributed by atoms with E-state index in [0.29, 0.717) is 0 Å². The molecule has 2 heteroatoms. The van der Waals surface area contributed by atoms with Crippen molar-refractivity contribution in [3.63, 3.8) is 0 Å². The van der Waals surface area contributed by atoms with Gasteiger partial charge in [0.05, 0.1) is 12.0 Å². The van der Waals surface area contributed by atoms with Crippen molar-refractivity contribution in [2.75, 3.05) is 0 Å². The average Bonchev–Trinajstić information content (AvgIpc) is 2.52. The molecule has 0 atom stereocenters. The van der Waals surface area contributed by atoms with Gasteiger partial charge in [-0.3, -0.25) is 0 Å². The van der Waals surface area contributed by atoms with E-state index in [2.05, 4.69) is 36.2 Å². The zero-order valence-corrected chi connectivity index (χ0v) is 7.86. The molecule has 0 aliphatic heterocycles. The smallest absolute Gasteiger partial charge is 0.0995 e. The highest BCUT2D eigenvalue weighted by molar-refractivity contribution is 5.35. The molecule has 0 N–H and O–H groups in total. The van der Waals surface area contributed by atoms with Crippen molar-refractivity contribution in [3.05, 3.63) is 48.0 Å². The summed E-state index contributed by atoms with van der Waals surface area (Å²) in [7, 11) is 0. The topological polar surface area (TPSA) is 17.8 Å². The van der Waals surface area contributed by atoms with Gasteiger partial charge in [-0.1, -0.05) is 12.1 Å². The van der Waals surface area contributed by atoms with E-state index in [-0.39, 0.29) is 0 Å². The Morgan fingerprint density at radius 1 is 1.23 bits per heavy atom. The van der Waals surface area contributed by atoms with Crippen molar-refractivity contribution in [2.45, 2.75) is 13.8 Å². The third kappa shape index (κ3) is 1.61. The lowest BCUT2D eigenvalue weighted by Gasteiger charge is -2.01. The van der Waals surface area contributed by atoms with Crippen molar-refractivity contribution >= 4 is 0 Å². The molecule has 13 heavy (non-hydrogen) atoms. The Morgan fingerprint density at radius 2 is 2.08 bits per heavy atom. The second-order valence-electron chi connectivity index (χ2n) is 3.26. The predicted octanol–water partition coefficient (Wildman–Crippen LogP) is 2.49. The quantitative estimate of drug-likeness (QED) is 0.646.